The van der Waals surface area contributed by atoms with Gasteiger partial charge in [0, 0.05) is 19.1 Å². The Hall–Kier alpha value is -0.620. The number of hydrogen-bond acceptors (Lipinski definition) is 3. The second kappa shape index (κ2) is 7.09. The van der Waals surface area contributed by atoms with E-state index in [1.54, 1.807) is 4.90 Å². The van der Waals surface area contributed by atoms with Gasteiger partial charge in [0.2, 0.25) is 15.9 Å². The predicted molar refractivity (Wildman–Crippen MR) is 83.3 cm³/mol. The number of carbonyl (C=O) groups excluding carboxylic acids is 1. The van der Waals surface area contributed by atoms with Gasteiger partial charge in [-0.15, -0.1) is 0 Å². The number of amides is 1. The van der Waals surface area contributed by atoms with Crippen molar-refractivity contribution in [1.82, 2.24) is 9.62 Å². The molecule has 1 N–H and O–H groups in total. The van der Waals surface area contributed by atoms with E-state index in [1.165, 1.54) is 0 Å². The molecule has 1 amide bonds. The summed E-state index contributed by atoms with van der Waals surface area (Å²) in [5.41, 5.74) is 0. The number of nitrogens with zero attached hydrogens (tertiary/aromatic N) is 1. The third-order valence-electron chi connectivity index (χ3n) is 4.81. The van der Waals surface area contributed by atoms with Crippen LogP contribution in [0.25, 0.3) is 0 Å². The lowest BCUT2D eigenvalue weighted by Crippen LogP contribution is -2.45. The summed E-state index contributed by atoms with van der Waals surface area (Å²) < 4.78 is 27.0. The molecule has 0 radical (unpaired) electrons. The summed E-state index contributed by atoms with van der Waals surface area (Å²) in [5, 5.41) is 0. The molecule has 6 heteroatoms. The third-order valence-corrected chi connectivity index (χ3v) is 6.13. The molecule has 1 saturated carbocycles. The van der Waals surface area contributed by atoms with E-state index in [2.05, 4.69) is 18.6 Å². The van der Waals surface area contributed by atoms with E-state index >= 15 is 0 Å². The minimum Gasteiger partial charge on any atom is -0.342 e. The maximum atomic E-state index is 12.1. The van der Waals surface area contributed by atoms with Crippen molar-refractivity contribution in [3.8, 4) is 0 Å². The summed E-state index contributed by atoms with van der Waals surface area (Å²) in [6, 6.07) is 0.0142. The molecule has 2 fully saturated rings. The van der Waals surface area contributed by atoms with Gasteiger partial charge in [0.05, 0.1) is 0 Å². The fourth-order valence-corrected chi connectivity index (χ4v) is 4.52. The quantitative estimate of drug-likeness (QED) is 0.859. The largest absolute Gasteiger partial charge is 0.342 e. The van der Waals surface area contributed by atoms with Crippen LogP contribution in [0.2, 0.25) is 0 Å². The maximum absolute atomic E-state index is 12.1. The second-order valence-electron chi connectivity index (χ2n) is 6.90. The minimum atomic E-state index is -3.50. The van der Waals surface area contributed by atoms with Crippen LogP contribution in [0.4, 0.5) is 0 Å². The Morgan fingerprint density at radius 3 is 2.10 bits per heavy atom. The molecular formula is C15H28N2O3S. The van der Waals surface area contributed by atoms with Gasteiger partial charge in [0.25, 0.3) is 0 Å². The molecule has 0 aromatic carbocycles. The van der Waals surface area contributed by atoms with Crippen molar-refractivity contribution in [3.63, 3.8) is 0 Å². The molecule has 2 aliphatic rings. The summed E-state index contributed by atoms with van der Waals surface area (Å²) in [6.45, 7) is 5.75. The Balaban J connectivity index is 1.81. The van der Waals surface area contributed by atoms with E-state index in [-0.39, 0.29) is 11.9 Å². The molecule has 0 aromatic rings. The van der Waals surface area contributed by atoms with Crippen LogP contribution >= 0.6 is 0 Å². The van der Waals surface area contributed by atoms with E-state index in [0.29, 0.717) is 24.9 Å². The molecule has 1 heterocycles. The fraction of sp³-hybridized carbons (Fsp3) is 0.933. The molecule has 1 aliphatic heterocycles. The number of nitrogens with one attached hydrogen (secondary N) is 1. The van der Waals surface area contributed by atoms with Gasteiger partial charge in [0.15, 0.2) is 0 Å². The highest BCUT2D eigenvalue weighted by molar-refractivity contribution is 7.90. The SMILES string of the molecule is CC1CCC(NS(=O)(=O)CC(=O)N2CCC(C)CC2)CC1. The van der Waals surface area contributed by atoms with Crippen LogP contribution in [-0.2, 0) is 14.8 Å². The number of piperidine rings is 1. The summed E-state index contributed by atoms with van der Waals surface area (Å²) in [7, 11) is -3.50. The zero-order valence-electron chi connectivity index (χ0n) is 13.2. The Labute approximate surface area is 128 Å². The van der Waals surface area contributed by atoms with Crippen molar-refractivity contribution in [2.75, 3.05) is 18.8 Å². The third kappa shape index (κ3) is 5.25. The van der Waals surface area contributed by atoms with Crippen LogP contribution in [0.5, 0.6) is 0 Å². The highest BCUT2D eigenvalue weighted by Crippen LogP contribution is 2.24. The van der Waals surface area contributed by atoms with Crippen molar-refractivity contribution in [3.05, 3.63) is 0 Å². The summed E-state index contributed by atoms with van der Waals surface area (Å²) in [5.74, 6) is 0.669. The standard InChI is InChI=1S/C15H28N2O3S/c1-12-3-5-14(6-4-12)16-21(19,20)11-15(18)17-9-7-13(2)8-10-17/h12-14,16H,3-11H2,1-2H3. The molecule has 1 aliphatic carbocycles. The first kappa shape index (κ1) is 16.7. The smallest absolute Gasteiger partial charge is 0.239 e. The van der Waals surface area contributed by atoms with E-state index in [4.69, 9.17) is 0 Å². The minimum absolute atomic E-state index is 0.0142. The number of rotatable bonds is 4. The van der Waals surface area contributed by atoms with Crippen LogP contribution in [0.15, 0.2) is 0 Å². The molecule has 21 heavy (non-hydrogen) atoms. The highest BCUT2D eigenvalue weighted by atomic mass is 32.2. The van der Waals surface area contributed by atoms with Crippen LogP contribution in [0, 0.1) is 11.8 Å². The zero-order chi connectivity index (χ0) is 15.5. The molecule has 5 nitrogen and oxygen atoms in total. The van der Waals surface area contributed by atoms with Crippen LogP contribution in [0.3, 0.4) is 0 Å². The van der Waals surface area contributed by atoms with Gasteiger partial charge in [0.1, 0.15) is 5.75 Å². The summed E-state index contributed by atoms with van der Waals surface area (Å²) in [6.07, 6.45) is 5.83. The van der Waals surface area contributed by atoms with Crippen molar-refractivity contribution in [1.29, 1.82) is 0 Å². The molecular weight excluding hydrogens is 288 g/mol. The van der Waals surface area contributed by atoms with Crippen molar-refractivity contribution >= 4 is 15.9 Å². The van der Waals surface area contributed by atoms with E-state index in [0.717, 1.165) is 38.5 Å². The lowest BCUT2D eigenvalue weighted by atomic mass is 9.88. The van der Waals surface area contributed by atoms with Crippen LogP contribution in [0.1, 0.15) is 52.4 Å². The average Bonchev–Trinajstić information content (AvgIpc) is 2.41. The van der Waals surface area contributed by atoms with Gasteiger partial charge in [-0.1, -0.05) is 13.8 Å². The van der Waals surface area contributed by atoms with Crippen molar-refractivity contribution in [2.45, 2.75) is 58.4 Å². The van der Waals surface area contributed by atoms with Gasteiger partial charge in [-0.2, -0.15) is 0 Å². The number of sulfonamides is 1. The van der Waals surface area contributed by atoms with Crippen LogP contribution in [-0.4, -0.2) is 44.1 Å². The molecule has 1 saturated heterocycles. The maximum Gasteiger partial charge on any atom is 0.239 e. The van der Waals surface area contributed by atoms with Crippen LogP contribution < -0.4 is 4.72 Å². The van der Waals surface area contributed by atoms with Gasteiger partial charge < -0.3 is 4.90 Å². The lowest BCUT2D eigenvalue weighted by Gasteiger charge is -2.31. The number of likely N-dealkylation sites (tertiary alicyclic amines) is 1. The molecule has 2 rings (SSSR count). The second-order valence-corrected chi connectivity index (χ2v) is 8.65. The lowest BCUT2D eigenvalue weighted by molar-refractivity contribution is -0.129. The van der Waals surface area contributed by atoms with Gasteiger partial charge in [-0.25, -0.2) is 13.1 Å². The van der Waals surface area contributed by atoms with Gasteiger partial charge >= 0.3 is 0 Å². The van der Waals surface area contributed by atoms with Crippen molar-refractivity contribution < 1.29 is 13.2 Å². The molecule has 0 bridgehead atoms. The fourth-order valence-electron chi connectivity index (χ4n) is 3.19. The summed E-state index contributed by atoms with van der Waals surface area (Å²) in [4.78, 5) is 13.8. The average molecular weight is 316 g/mol. The molecule has 0 aromatic heterocycles. The monoisotopic (exact) mass is 316 g/mol. The normalized spacial score (nSPS) is 28.6. The topological polar surface area (TPSA) is 66.5 Å². The van der Waals surface area contributed by atoms with Crippen molar-refractivity contribution in [2.24, 2.45) is 11.8 Å². The first-order valence-corrected chi connectivity index (χ1v) is 9.79. The Kier molecular flexibility index (Phi) is 5.66. The predicted octanol–water partition coefficient (Wildman–Crippen LogP) is 1.74. The molecule has 0 atom stereocenters. The highest BCUT2D eigenvalue weighted by Gasteiger charge is 2.28. The Bertz CT molecular complexity index is 448. The molecule has 0 spiro atoms. The first-order chi connectivity index (χ1) is 9.85. The molecule has 0 unspecified atom stereocenters. The van der Waals surface area contributed by atoms with E-state index < -0.39 is 15.8 Å². The molecule has 122 valence electrons. The number of hydrogen-bond donors (Lipinski definition) is 1. The Morgan fingerprint density at radius 1 is 1.00 bits per heavy atom. The van der Waals surface area contributed by atoms with E-state index in [1.807, 2.05) is 0 Å². The zero-order valence-corrected chi connectivity index (χ0v) is 14.0. The number of carbonyl (C=O) groups is 1. The van der Waals surface area contributed by atoms with E-state index in [9.17, 15) is 13.2 Å². The summed E-state index contributed by atoms with van der Waals surface area (Å²) >= 11 is 0. The van der Waals surface area contributed by atoms with Gasteiger partial charge in [-0.05, 0) is 50.4 Å². The first-order valence-electron chi connectivity index (χ1n) is 8.13. The van der Waals surface area contributed by atoms with Gasteiger partial charge in [-0.3, -0.25) is 4.79 Å². The Morgan fingerprint density at radius 2 is 1.52 bits per heavy atom.